The molecule has 1 atom stereocenters. The maximum atomic E-state index is 12.5. The van der Waals surface area contributed by atoms with E-state index >= 15 is 0 Å². The first-order chi connectivity index (χ1) is 15.1. The third kappa shape index (κ3) is 5.55. The van der Waals surface area contributed by atoms with Gasteiger partial charge >= 0.3 is 11.9 Å². The molecule has 1 amide bonds. The number of sulfone groups is 1. The average Bonchev–Trinajstić information content (AvgIpc) is 3.08. The lowest BCUT2D eigenvalue weighted by Crippen LogP contribution is -2.22. The van der Waals surface area contributed by atoms with Gasteiger partial charge < -0.3 is 14.8 Å². The Kier molecular flexibility index (Phi) is 7.35. The monoisotopic (exact) mass is 479 g/mol. The molecule has 1 aliphatic carbocycles. The van der Waals surface area contributed by atoms with Crippen LogP contribution >= 0.6 is 11.3 Å². The van der Waals surface area contributed by atoms with Gasteiger partial charge in [-0.2, -0.15) is 0 Å². The number of thiophene rings is 1. The Bertz CT molecular complexity index is 1150. The number of benzene rings is 1. The summed E-state index contributed by atoms with van der Waals surface area (Å²) < 4.78 is 33.5. The Morgan fingerprint density at radius 2 is 1.94 bits per heavy atom. The van der Waals surface area contributed by atoms with Crippen molar-refractivity contribution in [3.05, 3.63) is 45.8 Å². The van der Waals surface area contributed by atoms with Gasteiger partial charge in [0.25, 0.3) is 5.91 Å². The fraction of sp³-hybridized carbons (Fsp3) is 0.409. The predicted molar refractivity (Wildman–Crippen MR) is 120 cm³/mol. The van der Waals surface area contributed by atoms with Gasteiger partial charge in [0, 0.05) is 11.1 Å². The summed E-state index contributed by atoms with van der Waals surface area (Å²) in [4.78, 5) is 38.3. The quantitative estimate of drug-likeness (QED) is 0.606. The third-order valence-electron chi connectivity index (χ3n) is 5.08. The van der Waals surface area contributed by atoms with Crippen molar-refractivity contribution in [3.8, 4) is 0 Å². The summed E-state index contributed by atoms with van der Waals surface area (Å²) in [5, 5.41) is 3.06. The summed E-state index contributed by atoms with van der Waals surface area (Å²) in [7, 11) is -3.48. The van der Waals surface area contributed by atoms with Crippen molar-refractivity contribution in [2.24, 2.45) is 5.92 Å². The third-order valence-corrected chi connectivity index (χ3v) is 7.36. The van der Waals surface area contributed by atoms with Crippen LogP contribution in [-0.2, 0) is 36.9 Å². The number of anilines is 1. The summed E-state index contributed by atoms with van der Waals surface area (Å²) in [6.07, 6.45) is 3.55. The highest BCUT2D eigenvalue weighted by atomic mass is 32.2. The van der Waals surface area contributed by atoms with E-state index in [4.69, 9.17) is 9.47 Å². The minimum absolute atomic E-state index is 0.0196. The van der Waals surface area contributed by atoms with E-state index in [-0.39, 0.29) is 17.1 Å². The molecule has 2 aromatic rings. The normalized spacial score (nSPS) is 15.5. The summed E-state index contributed by atoms with van der Waals surface area (Å²) in [6, 6.07) is 5.40. The lowest BCUT2D eigenvalue weighted by molar-refractivity contribution is -0.119. The first-order valence-corrected chi connectivity index (χ1v) is 12.9. The second-order valence-electron chi connectivity index (χ2n) is 7.70. The molecule has 3 rings (SSSR count). The van der Waals surface area contributed by atoms with Crippen LogP contribution in [0.15, 0.2) is 29.2 Å². The van der Waals surface area contributed by atoms with E-state index in [9.17, 15) is 22.8 Å². The molecule has 0 saturated heterocycles. The van der Waals surface area contributed by atoms with Crippen molar-refractivity contribution >= 4 is 44.0 Å². The van der Waals surface area contributed by atoms with E-state index in [1.165, 1.54) is 35.6 Å². The average molecular weight is 480 g/mol. The fourth-order valence-corrected chi connectivity index (χ4v) is 5.57. The van der Waals surface area contributed by atoms with Crippen LogP contribution < -0.4 is 5.32 Å². The molecule has 0 aliphatic heterocycles. The molecule has 0 spiro atoms. The van der Waals surface area contributed by atoms with Gasteiger partial charge in [0.05, 0.1) is 22.6 Å². The van der Waals surface area contributed by atoms with Crippen molar-refractivity contribution in [2.45, 2.75) is 38.0 Å². The second-order valence-corrected chi connectivity index (χ2v) is 10.8. The molecule has 0 bridgehead atoms. The first kappa shape index (κ1) is 23.9. The predicted octanol–water partition coefficient (Wildman–Crippen LogP) is 3.25. The molecule has 0 fully saturated rings. The van der Waals surface area contributed by atoms with E-state index in [2.05, 4.69) is 12.2 Å². The fourth-order valence-electron chi connectivity index (χ4n) is 3.49. The first-order valence-electron chi connectivity index (χ1n) is 10.2. The molecule has 1 N–H and O–H groups in total. The van der Waals surface area contributed by atoms with Crippen LogP contribution in [0.3, 0.4) is 0 Å². The van der Waals surface area contributed by atoms with Gasteiger partial charge in [-0.3, -0.25) is 4.79 Å². The number of carbonyl (C=O) groups is 3. The molecule has 1 aliphatic rings. The van der Waals surface area contributed by atoms with Crippen LogP contribution in [0, 0.1) is 5.92 Å². The highest BCUT2D eigenvalue weighted by Crippen LogP contribution is 2.40. The van der Waals surface area contributed by atoms with E-state index < -0.39 is 34.3 Å². The summed E-state index contributed by atoms with van der Waals surface area (Å²) in [6.45, 7) is 3.50. The molecular weight excluding hydrogens is 454 g/mol. The Labute approximate surface area is 190 Å². The summed E-state index contributed by atoms with van der Waals surface area (Å²) in [5.41, 5.74) is 1.31. The SMILES string of the molecule is CCOC(=O)c1c(NC(=O)COC(=O)c2cccc(S(C)(=O)=O)c2)sc2c1CC[C@H](C)C2. The number of nitrogens with one attached hydrogen (secondary N) is 1. The molecule has 172 valence electrons. The Hall–Kier alpha value is -2.72. The van der Waals surface area contributed by atoms with Crippen LogP contribution in [0.2, 0.25) is 0 Å². The van der Waals surface area contributed by atoms with Crippen molar-refractivity contribution in [1.82, 2.24) is 0 Å². The minimum Gasteiger partial charge on any atom is -0.462 e. The number of carbonyl (C=O) groups excluding carboxylic acids is 3. The molecule has 0 radical (unpaired) electrons. The lowest BCUT2D eigenvalue weighted by Gasteiger charge is -2.18. The molecule has 32 heavy (non-hydrogen) atoms. The van der Waals surface area contributed by atoms with Crippen LogP contribution in [0.5, 0.6) is 0 Å². The molecule has 10 heteroatoms. The van der Waals surface area contributed by atoms with E-state index in [0.717, 1.165) is 36.0 Å². The number of fused-ring (bicyclic) bond motifs is 1. The maximum Gasteiger partial charge on any atom is 0.341 e. The number of rotatable bonds is 7. The second kappa shape index (κ2) is 9.83. The number of hydrogen-bond donors (Lipinski definition) is 1. The smallest absolute Gasteiger partial charge is 0.341 e. The largest absolute Gasteiger partial charge is 0.462 e. The highest BCUT2D eigenvalue weighted by Gasteiger charge is 2.29. The van der Waals surface area contributed by atoms with Crippen LogP contribution in [0.25, 0.3) is 0 Å². The van der Waals surface area contributed by atoms with Gasteiger partial charge in [-0.05, 0) is 55.9 Å². The van der Waals surface area contributed by atoms with E-state index in [1.807, 2.05) is 0 Å². The molecule has 0 unspecified atom stereocenters. The van der Waals surface area contributed by atoms with Crippen molar-refractivity contribution in [1.29, 1.82) is 0 Å². The molecule has 1 heterocycles. The zero-order valence-electron chi connectivity index (χ0n) is 18.1. The van der Waals surface area contributed by atoms with Gasteiger partial charge in [0.2, 0.25) is 0 Å². The van der Waals surface area contributed by atoms with Gasteiger partial charge in [-0.1, -0.05) is 13.0 Å². The Morgan fingerprint density at radius 1 is 1.19 bits per heavy atom. The highest BCUT2D eigenvalue weighted by molar-refractivity contribution is 7.90. The molecule has 0 saturated carbocycles. The van der Waals surface area contributed by atoms with E-state index in [0.29, 0.717) is 16.5 Å². The van der Waals surface area contributed by atoms with Crippen molar-refractivity contribution in [2.75, 3.05) is 24.8 Å². The zero-order chi connectivity index (χ0) is 23.5. The number of ether oxygens (including phenoxy) is 2. The van der Waals surface area contributed by atoms with Gasteiger partial charge in [0.15, 0.2) is 16.4 Å². The number of esters is 2. The lowest BCUT2D eigenvalue weighted by atomic mass is 9.88. The topological polar surface area (TPSA) is 116 Å². The van der Waals surface area contributed by atoms with Gasteiger partial charge in [-0.25, -0.2) is 18.0 Å². The standard InChI is InChI=1S/C22H25NO7S2/c1-4-29-22(26)19-16-9-8-13(2)10-17(16)31-20(19)23-18(24)12-30-21(25)14-6-5-7-15(11-14)32(3,27)28/h5-7,11,13H,4,8-10,12H2,1-3H3,(H,23,24)/t13-/m0/s1. The van der Waals surface area contributed by atoms with Gasteiger partial charge in [0.1, 0.15) is 5.00 Å². The Morgan fingerprint density at radius 3 is 2.62 bits per heavy atom. The summed E-state index contributed by atoms with van der Waals surface area (Å²) in [5.74, 6) is -1.42. The minimum atomic E-state index is -3.48. The number of amides is 1. The molecule has 8 nitrogen and oxygen atoms in total. The van der Waals surface area contributed by atoms with Crippen LogP contribution in [0.1, 0.15) is 51.4 Å². The van der Waals surface area contributed by atoms with Gasteiger partial charge in [-0.15, -0.1) is 11.3 Å². The zero-order valence-corrected chi connectivity index (χ0v) is 19.7. The molecular formula is C22H25NO7S2. The molecule has 1 aromatic heterocycles. The maximum absolute atomic E-state index is 12.5. The van der Waals surface area contributed by atoms with E-state index in [1.54, 1.807) is 6.92 Å². The molecule has 1 aromatic carbocycles. The van der Waals surface area contributed by atoms with Crippen molar-refractivity contribution in [3.63, 3.8) is 0 Å². The summed E-state index contributed by atoms with van der Waals surface area (Å²) >= 11 is 1.34. The van der Waals surface area contributed by atoms with Crippen LogP contribution in [0.4, 0.5) is 5.00 Å². The van der Waals surface area contributed by atoms with Crippen molar-refractivity contribution < 1.29 is 32.3 Å². The Balaban J connectivity index is 1.71. The number of hydrogen-bond acceptors (Lipinski definition) is 8. The van der Waals surface area contributed by atoms with Crippen LogP contribution in [-0.4, -0.2) is 45.7 Å².